The first-order chi connectivity index (χ1) is 7.54. The molecule has 0 radical (unpaired) electrons. The first-order valence-electron chi connectivity index (χ1n) is 5.77. The maximum absolute atomic E-state index is 11.9. The third-order valence-electron chi connectivity index (χ3n) is 2.72. The number of rotatable bonds is 5. The minimum Gasteiger partial charge on any atom is -0.343 e. The molecule has 5 nitrogen and oxygen atoms in total. The molecule has 0 aliphatic carbocycles. The minimum atomic E-state index is -0.319. The third kappa shape index (κ3) is 3.48. The van der Waals surface area contributed by atoms with E-state index in [-0.39, 0.29) is 24.4 Å². The number of amides is 2. The molecule has 1 unspecified atom stereocenters. The summed E-state index contributed by atoms with van der Waals surface area (Å²) in [5, 5.41) is 2.70. The van der Waals surface area contributed by atoms with Crippen molar-refractivity contribution < 1.29 is 9.59 Å². The Balaban J connectivity index is 2.44. The molecule has 0 saturated carbocycles. The molecular weight excluding hydrogens is 206 g/mol. The number of piperazine rings is 1. The molecule has 1 atom stereocenters. The molecule has 1 heterocycles. The van der Waals surface area contributed by atoms with Gasteiger partial charge in [0.05, 0.1) is 6.54 Å². The van der Waals surface area contributed by atoms with Gasteiger partial charge in [-0.2, -0.15) is 0 Å². The van der Waals surface area contributed by atoms with Crippen molar-refractivity contribution in [2.24, 2.45) is 0 Å². The van der Waals surface area contributed by atoms with Crippen LogP contribution in [0, 0.1) is 0 Å². The Kier molecular flexibility index (Phi) is 4.73. The van der Waals surface area contributed by atoms with Crippen molar-refractivity contribution in [3.05, 3.63) is 0 Å². The van der Waals surface area contributed by atoms with E-state index in [1.54, 1.807) is 4.90 Å². The smallest absolute Gasteiger partial charge is 0.245 e. The lowest BCUT2D eigenvalue weighted by molar-refractivity contribution is -0.144. The summed E-state index contributed by atoms with van der Waals surface area (Å²) in [5.41, 5.74) is 0. The fraction of sp³-hybridized carbons (Fsp3) is 0.818. The molecule has 1 aliphatic rings. The fourth-order valence-electron chi connectivity index (χ4n) is 1.82. The van der Waals surface area contributed by atoms with Gasteiger partial charge in [-0.25, -0.2) is 0 Å². The highest BCUT2D eigenvalue weighted by Crippen LogP contribution is 2.06. The molecule has 0 spiro atoms. The number of hydrogen-bond acceptors (Lipinski definition) is 3. The molecule has 1 rings (SSSR count). The van der Waals surface area contributed by atoms with Crippen molar-refractivity contribution in [1.29, 1.82) is 0 Å². The largest absolute Gasteiger partial charge is 0.343 e. The van der Waals surface area contributed by atoms with Crippen LogP contribution in [0.4, 0.5) is 0 Å². The quantitative estimate of drug-likeness (QED) is 0.700. The normalized spacial score (nSPS) is 21.5. The lowest BCUT2D eigenvalue weighted by Crippen LogP contribution is -2.57. The van der Waals surface area contributed by atoms with E-state index >= 15 is 0 Å². The average molecular weight is 227 g/mol. The predicted octanol–water partition coefficient (Wildman–Crippen LogP) is -0.325. The van der Waals surface area contributed by atoms with Crippen molar-refractivity contribution in [2.75, 3.05) is 33.7 Å². The second kappa shape index (κ2) is 5.84. The number of carbonyl (C=O) groups excluding carboxylic acids is 2. The van der Waals surface area contributed by atoms with E-state index in [0.29, 0.717) is 13.0 Å². The highest BCUT2D eigenvalue weighted by molar-refractivity contribution is 5.94. The molecule has 1 N–H and O–H groups in total. The van der Waals surface area contributed by atoms with Gasteiger partial charge in [-0.1, -0.05) is 6.92 Å². The summed E-state index contributed by atoms with van der Waals surface area (Å²) in [6, 6.07) is -0.319. The zero-order valence-corrected chi connectivity index (χ0v) is 10.3. The van der Waals surface area contributed by atoms with Crippen molar-refractivity contribution >= 4 is 11.8 Å². The van der Waals surface area contributed by atoms with Crippen molar-refractivity contribution in [3.8, 4) is 0 Å². The van der Waals surface area contributed by atoms with Gasteiger partial charge in [0.1, 0.15) is 6.04 Å². The van der Waals surface area contributed by atoms with Crippen LogP contribution < -0.4 is 5.32 Å². The summed E-state index contributed by atoms with van der Waals surface area (Å²) in [6.07, 6.45) is 1.57. The Morgan fingerprint density at radius 3 is 2.69 bits per heavy atom. The lowest BCUT2D eigenvalue weighted by Gasteiger charge is -2.32. The summed E-state index contributed by atoms with van der Waals surface area (Å²) in [7, 11) is 4.00. The van der Waals surface area contributed by atoms with Gasteiger partial charge in [0.2, 0.25) is 11.8 Å². The van der Waals surface area contributed by atoms with E-state index in [4.69, 9.17) is 0 Å². The molecule has 2 amide bonds. The average Bonchev–Trinajstić information content (AvgIpc) is 2.22. The molecule has 16 heavy (non-hydrogen) atoms. The summed E-state index contributed by atoms with van der Waals surface area (Å²) < 4.78 is 0. The Morgan fingerprint density at radius 2 is 2.12 bits per heavy atom. The van der Waals surface area contributed by atoms with Crippen LogP contribution in [0.1, 0.15) is 19.8 Å². The molecule has 1 aliphatic heterocycles. The summed E-state index contributed by atoms with van der Waals surface area (Å²) in [4.78, 5) is 27.0. The Hall–Kier alpha value is -1.10. The SMILES string of the molecule is CCC1NC(=O)CN(CCCN(C)C)C1=O. The summed E-state index contributed by atoms with van der Waals surface area (Å²) in [5.74, 6) is 0.0113. The van der Waals surface area contributed by atoms with Crippen LogP contribution in [-0.2, 0) is 9.59 Å². The monoisotopic (exact) mass is 227 g/mol. The number of hydrogen-bond donors (Lipinski definition) is 1. The molecule has 1 saturated heterocycles. The summed E-state index contributed by atoms with van der Waals surface area (Å²) >= 11 is 0. The Morgan fingerprint density at radius 1 is 1.44 bits per heavy atom. The molecule has 0 aromatic heterocycles. The molecule has 1 fully saturated rings. The second-order valence-corrected chi connectivity index (χ2v) is 4.44. The van der Waals surface area contributed by atoms with E-state index < -0.39 is 0 Å². The van der Waals surface area contributed by atoms with E-state index in [9.17, 15) is 9.59 Å². The molecule has 0 bridgehead atoms. The maximum atomic E-state index is 11.9. The van der Waals surface area contributed by atoms with Crippen LogP contribution in [0.2, 0.25) is 0 Å². The fourth-order valence-corrected chi connectivity index (χ4v) is 1.82. The van der Waals surface area contributed by atoms with Crippen LogP contribution in [0.15, 0.2) is 0 Å². The van der Waals surface area contributed by atoms with Crippen LogP contribution in [0.5, 0.6) is 0 Å². The number of carbonyl (C=O) groups is 2. The minimum absolute atomic E-state index is 0.0451. The zero-order valence-electron chi connectivity index (χ0n) is 10.3. The summed E-state index contributed by atoms with van der Waals surface area (Å²) in [6.45, 7) is 3.72. The van der Waals surface area contributed by atoms with Gasteiger partial charge in [-0.3, -0.25) is 9.59 Å². The standard InChI is InChI=1S/C11H21N3O2/c1-4-9-11(16)14(8-10(15)12-9)7-5-6-13(2)3/h9H,4-8H2,1-3H3,(H,12,15). The molecule has 0 aromatic rings. The molecule has 92 valence electrons. The van der Waals surface area contributed by atoms with Crippen molar-refractivity contribution in [3.63, 3.8) is 0 Å². The van der Waals surface area contributed by atoms with Gasteiger partial charge in [0.15, 0.2) is 0 Å². The highest BCUT2D eigenvalue weighted by Gasteiger charge is 2.30. The second-order valence-electron chi connectivity index (χ2n) is 4.44. The first kappa shape index (κ1) is 13.0. The van der Waals surface area contributed by atoms with Gasteiger partial charge in [-0.05, 0) is 33.5 Å². The van der Waals surface area contributed by atoms with Crippen LogP contribution in [0.25, 0.3) is 0 Å². The maximum Gasteiger partial charge on any atom is 0.245 e. The molecule has 0 aromatic carbocycles. The molecular formula is C11H21N3O2. The zero-order chi connectivity index (χ0) is 12.1. The Labute approximate surface area is 96.8 Å². The first-order valence-corrected chi connectivity index (χ1v) is 5.77. The number of nitrogens with zero attached hydrogens (tertiary/aromatic N) is 2. The van der Waals surface area contributed by atoms with E-state index in [0.717, 1.165) is 13.0 Å². The third-order valence-corrected chi connectivity index (χ3v) is 2.72. The highest BCUT2D eigenvalue weighted by atomic mass is 16.2. The van der Waals surface area contributed by atoms with Crippen LogP contribution in [0.3, 0.4) is 0 Å². The van der Waals surface area contributed by atoms with Gasteiger partial charge in [0.25, 0.3) is 0 Å². The van der Waals surface area contributed by atoms with Gasteiger partial charge in [-0.15, -0.1) is 0 Å². The van der Waals surface area contributed by atoms with Gasteiger partial charge in [0, 0.05) is 6.54 Å². The van der Waals surface area contributed by atoms with Crippen LogP contribution >= 0.6 is 0 Å². The van der Waals surface area contributed by atoms with E-state index in [1.807, 2.05) is 21.0 Å². The lowest BCUT2D eigenvalue weighted by atomic mass is 10.1. The Bertz CT molecular complexity index is 266. The van der Waals surface area contributed by atoms with E-state index in [1.165, 1.54) is 0 Å². The van der Waals surface area contributed by atoms with Crippen LogP contribution in [-0.4, -0.2) is 61.4 Å². The van der Waals surface area contributed by atoms with Crippen molar-refractivity contribution in [2.45, 2.75) is 25.8 Å². The molecule has 5 heteroatoms. The van der Waals surface area contributed by atoms with E-state index in [2.05, 4.69) is 10.2 Å². The van der Waals surface area contributed by atoms with Gasteiger partial charge < -0.3 is 15.1 Å². The predicted molar refractivity (Wildman–Crippen MR) is 62.0 cm³/mol. The van der Waals surface area contributed by atoms with Gasteiger partial charge >= 0.3 is 0 Å². The number of nitrogens with one attached hydrogen (secondary N) is 1. The topological polar surface area (TPSA) is 52.7 Å². The van der Waals surface area contributed by atoms with Crippen molar-refractivity contribution in [1.82, 2.24) is 15.1 Å².